The molecule has 0 bridgehead atoms. The molecule has 0 aliphatic heterocycles. The summed E-state index contributed by atoms with van der Waals surface area (Å²) in [6.45, 7) is 4.52. The molecule has 0 saturated heterocycles. The summed E-state index contributed by atoms with van der Waals surface area (Å²) in [5, 5.41) is 7.56. The number of rotatable bonds is 6. The summed E-state index contributed by atoms with van der Waals surface area (Å²) in [7, 11) is 0. The lowest BCUT2D eigenvalue weighted by atomic mass is 10.1. The van der Waals surface area contributed by atoms with Crippen molar-refractivity contribution in [1.82, 2.24) is 10.3 Å². The SMILES string of the molecule is CC(=O)Nc1cccc([C@@H](C)NCCc2cccc3cccnc23)c1. The van der Waals surface area contributed by atoms with Gasteiger partial charge in [0.2, 0.25) is 5.91 Å². The highest BCUT2D eigenvalue weighted by molar-refractivity contribution is 5.88. The summed E-state index contributed by atoms with van der Waals surface area (Å²) < 4.78 is 0. The predicted octanol–water partition coefficient (Wildman–Crippen LogP) is 4.09. The van der Waals surface area contributed by atoms with Crippen molar-refractivity contribution in [2.24, 2.45) is 0 Å². The van der Waals surface area contributed by atoms with Gasteiger partial charge >= 0.3 is 0 Å². The van der Waals surface area contributed by atoms with E-state index in [1.165, 1.54) is 17.9 Å². The van der Waals surface area contributed by atoms with Crippen molar-refractivity contribution >= 4 is 22.5 Å². The van der Waals surface area contributed by atoms with Gasteiger partial charge in [0.15, 0.2) is 0 Å². The number of hydrogen-bond donors (Lipinski definition) is 2. The number of pyridine rings is 1. The van der Waals surface area contributed by atoms with Crippen molar-refractivity contribution in [2.75, 3.05) is 11.9 Å². The first-order valence-electron chi connectivity index (χ1n) is 8.57. The zero-order valence-electron chi connectivity index (χ0n) is 14.6. The van der Waals surface area contributed by atoms with Gasteiger partial charge in [0, 0.05) is 30.2 Å². The quantitative estimate of drug-likeness (QED) is 0.714. The van der Waals surface area contributed by atoms with E-state index in [1.807, 2.05) is 30.5 Å². The van der Waals surface area contributed by atoms with Crippen LogP contribution in [0.25, 0.3) is 10.9 Å². The molecule has 2 N–H and O–H groups in total. The molecule has 3 rings (SSSR count). The van der Waals surface area contributed by atoms with Crippen LogP contribution in [0.2, 0.25) is 0 Å². The average Bonchev–Trinajstić information content (AvgIpc) is 2.61. The maximum atomic E-state index is 11.2. The summed E-state index contributed by atoms with van der Waals surface area (Å²) in [5.74, 6) is -0.0544. The number of nitrogens with zero attached hydrogens (tertiary/aromatic N) is 1. The Balaban J connectivity index is 1.62. The number of anilines is 1. The Morgan fingerprint density at radius 1 is 1.12 bits per heavy atom. The number of nitrogens with one attached hydrogen (secondary N) is 2. The van der Waals surface area contributed by atoms with Crippen molar-refractivity contribution in [2.45, 2.75) is 26.3 Å². The lowest BCUT2D eigenvalue weighted by molar-refractivity contribution is -0.114. The lowest BCUT2D eigenvalue weighted by Crippen LogP contribution is -2.21. The number of amides is 1. The second-order valence-corrected chi connectivity index (χ2v) is 6.22. The molecule has 0 unspecified atom stereocenters. The van der Waals surface area contributed by atoms with E-state index in [9.17, 15) is 4.79 Å². The molecule has 1 atom stereocenters. The topological polar surface area (TPSA) is 54.0 Å². The molecule has 0 aliphatic carbocycles. The molecule has 1 aromatic heterocycles. The van der Waals surface area contributed by atoms with Crippen LogP contribution in [0, 0.1) is 0 Å². The Bertz CT molecular complexity index is 870. The summed E-state index contributed by atoms with van der Waals surface area (Å²) in [4.78, 5) is 15.7. The fourth-order valence-corrected chi connectivity index (χ4v) is 3.00. The van der Waals surface area contributed by atoms with E-state index in [2.05, 4.69) is 52.9 Å². The molecular formula is C21H23N3O. The fourth-order valence-electron chi connectivity index (χ4n) is 3.00. The lowest BCUT2D eigenvalue weighted by Gasteiger charge is -2.16. The Hall–Kier alpha value is -2.72. The van der Waals surface area contributed by atoms with E-state index in [0.717, 1.165) is 29.7 Å². The van der Waals surface area contributed by atoms with Gasteiger partial charge in [0.1, 0.15) is 0 Å². The van der Waals surface area contributed by atoms with E-state index in [1.54, 1.807) is 0 Å². The number of hydrogen-bond acceptors (Lipinski definition) is 3. The summed E-state index contributed by atoms with van der Waals surface area (Å²) in [6.07, 6.45) is 2.76. The van der Waals surface area contributed by atoms with Gasteiger partial charge < -0.3 is 10.6 Å². The van der Waals surface area contributed by atoms with Crippen molar-refractivity contribution in [3.05, 3.63) is 71.9 Å². The van der Waals surface area contributed by atoms with Gasteiger partial charge in [-0.3, -0.25) is 9.78 Å². The first kappa shape index (κ1) is 17.1. The largest absolute Gasteiger partial charge is 0.326 e. The fraction of sp³-hybridized carbons (Fsp3) is 0.238. The molecule has 4 heteroatoms. The minimum Gasteiger partial charge on any atom is -0.326 e. The number of carbonyl (C=O) groups excluding carboxylic acids is 1. The van der Waals surface area contributed by atoms with Crippen LogP contribution in [0.3, 0.4) is 0 Å². The monoisotopic (exact) mass is 333 g/mol. The highest BCUT2D eigenvalue weighted by Crippen LogP contribution is 2.19. The standard InChI is InChI=1S/C21H23N3O/c1-15(19-8-4-10-20(14-19)24-16(2)25)22-13-11-18-7-3-6-17-9-5-12-23-21(17)18/h3-10,12,14-15,22H,11,13H2,1-2H3,(H,24,25)/t15-/m1/s1. The van der Waals surface area contributed by atoms with Crippen molar-refractivity contribution < 1.29 is 4.79 Å². The van der Waals surface area contributed by atoms with Crippen LogP contribution in [-0.4, -0.2) is 17.4 Å². The molecule has 1 amide bonds. The van der Waals surface area contributed by atoms with Crippen LogP contribution in [0.15, 0.2) is 60.8 Å². The van der Waals surface area contributed by atoms with Gasteiger partial charge in [-0.25, -0.2) is 0 Å². The number of fused-ring (bicyclic) bond motifs is 1. The van der Waals surface area contributed by atoms with Crippen LogP contribution in [0.5, 0.6) is 0 Å². The Morgan fingerprint density at radius 2 is 1.92 bits per heavy atom. The third-order valence-corrected chi connectivity index (χ3v) is 4.27. The smallest absolute Gasteiger partial charge is 0.221 e. The Labute approximate surface area is 148 Å². The molecule has 1 heterocycles. The highest BCUT2D eigenvalue weighted by Gasteiger charge is 2.07. The summed E-state index contributed by atoms with van der Waals surface area (Å²) >= 11 is 0. The summed E-state index contributed by atoms with van der Waals surface area (Å²) in [5.41, 5.74) is 4.32. The maximum Gasteiger partial charge on any atom is 0.221 e. The average molecular weight is 333 g/mol. The summed E-state index contributed by atoms with van der Waals surface area (Å²) in [6, 6.07) is 18.5. The zero-order chi connectivity index (χ0) is 17.6. The molecule has 0 radical (unpaired) electrons. The van der Waals surface area contributed by atoms with Gasteiger partial charge in [-0.2, -0.15) is 0 Å². The molecule has 0 saturated carbocycles. The third kappa shape index (κ3) is 4.43. The molecule has 0 spiro atoms. The highest BCUT2D eigenvalue weighted by atomic mass is 16.1. The number of benzene rings is 2. The first-order chi connectivity index (χ1) is 12.1. The second-order valence-electron chi connectivity index (χ2n) is 6.22. The van der Waals surface area contributed by atoms with Crippen molar-refractivity contribution in [3.8, 4) is 0 Å². The van der Waals surface area contributed by atoms with Crippen LogP contribution in [0.1, 0.15) is 31.0 Å². The van der Waals surface area contributed by atoms with Crippen LogP contribution < -0.4 is 10.6 Å². The van der Waals surface area contributed by atoms with Gasteiger partial charge in [-0.15, -0.1) is 0 Å². The molecule has 25 heavy (non-hydrogen) atoms. The normalized spacial score (nSPS) is 12.1. The molecule has 0 fully saturated rings. The minimum absolute atomic E-state index is 0.0544. The van der Waals surface area contributed by atoms with E-state index in [-0.39, 0.29) is 11.9 Å². The van der Waals surface area contributed by atoms with Crippen molar-refractivity contribution in [1.29, 1.82) is 0 Å². The number of carbonyl (C=O) groups is 1. The van der Waals surface area contributed by atoms with E-state index in [0.29, 0.717) is 0 Å². The minimum atomic E-state index is -0.0544. The molecule has 0 aliphatic rings. The van der Waals surface area contributed by atoms with E-state index in [4.69, 9.17) is 0 Å². The van der Waals surface area contributed by atoms with Crippen LogP contribution >= 0.6 is 0 Å². The van der Waals surface area contributed by atoms with Gasteiger partial charge in [0.25, 0.3) is 0 Å². The van der Waals surface area contributed by atoms with Gasteiger partial charge in [-0.05, 0) is 49.2 Å². The Morgan fingerprint density at radius 3 is 2.76 bits per heavy atom. The van der Waals surface area contributed by atoms with Crippen LogP contribution in [0.4, 0.5) is 5.69 Å². The number of aromatic nitrogens is 1. The molecule has 128 valence electrons. The van der Waals surface area contributed by atoms with E-state index >= 15 is 0 Å². The second kappa shape index (κ2) is 7.90. The first-order valence-corrected chi connectivity index (χ1v) is 8.57. The molecule has 2 aromatic carbocycles. The maximum absolute atomic E-state index is 11.2. The number of para-hydroxylation sites is 1. The molecular weight excluding hydrogens is 310 g/mol. The van der Waals surface area contributed by atoms with Gasteiger partial charge in [0.05, 0.1) is 5.52 Å². The van der Waals surface area contributed by atoms with Gasteiger partial charge in [-0.1, -0.05) is 36.4 Å². The molecule has 3 aromatic rings. The van der Waals surface area contributed by atoms with E-state index < -0.39 is 0 Å². The van der Waals surface area contributed by atoms with Crippen molar-refractivity contribution in [3.63, 3.8) is 0 Å². The van der Waals surface area contributed by atoms with Crippen LogP contribution in [-0.2, 0) is 11.2 Å². The third-order valence-electron chi connectivity index (χ3n) is 4.27. The predicted molar refractivity (Wildman–Crippen MR) is 103 cm³/mol. The molecule has 4 nitrogen and oxygen atoms in total. The Kier molecular flexibility index (Phi) is 5.41. The zero-order valence-corrected chi connectivity index (χ0v) is 14.6.